The van der Waals surface area contributed by atoms with Gasteiger partial charge in [0.25, 0.3) is 10.0 Å². The fraction of sp³-hybridized carbons (Fsp3) is 0.375. The van der Waals surface area contributed by atoms with Crippen LogP contribution in [0.2, 0.25) is 10.0 Å². The summed E-state index contributed by atoms with van der Waals surface area (Å²) in [6.07, 6.45) is 0.297. The summed E-state index contributed by atoms with van der Waals surface area (Å²) < 4.78 is 34.6. The van der Waals surface area contributed by atoms with E-state index >= 15 is 0 Å². The van der Waals surface area contributed by atoms with E-state index in [-0.39, 0.29) is 17.3 Å². The van der Waals surface area contributed by atoms with E-state index in [0.29, 0.717) is 40.1 Å². The lowest BCUT2D eigenvalue weighted by Gasteiger charge is -2.35. The fourth-order valence-electron chi connectivity index (χ4n) is 4.45. The van der Waals surface area contributed by atoms with Crippen LogP contribution in [0.3, 0.4) is 0 Å². The predicted molar refractivity (Wildman–Crippen MR) is 172 cm³/mol. The first-order valence-electron chi connectivity index (χ1n) is 14.0. The molecule has 0 heterocycles. The van der Waals surface area contributed by atoms with Gasteiger partial charge >= 0.3 is 0 Å². The second kappa shape index (κ2) is 14.5. The highest BCUT2D eigenvalue weighted by Crippen LogP contribution is 2.28. The van der Waals surface area contributed by atoms with Crippen molar-refractivity contribution in [1.82, 2.24) is 10.2 Å². The van der Waals surface area contributed by atoms with E-state index in [1.165, 1.54) is 17.0 Å². The summed E-state index contributed by atoms with van der Waals surface area (Å²) in [5.74, 6) is -0.375. The van der Waals surface area contributed by atoms with Crippen molar-refractivity contribution in [3.63, 3.8) is 0 Å². The first kappa shape index (κ1) is 34.2. The number of hydrogen-bond donors (Lipinski definition) is 1. The summed E-state index contributed by atoms with van der Waals surface area (Å²) in [5, 5.41) is 3.61. The molecular formula is C32H39Cl2N3O5S. The molecule has 11 heteroatoms. The zero-order valence-electron chi connectivity index (χ0n) is 25.4. The zero-order chi connectivity index (χ0) is 31.9. The van der Waals surface area contributed by atoms with Crippen molar-refractivity contribution in [2.75, 3.05) is 17.5 Å². The van der Waals surface area contributed by atoms with Gasteiger partial charge < -0.3 is 15.0 Å². The maximum Gasteiger partial charge on any atom is 0.264 e. The smallest absolute Gasteiger partial charge is 0.264 e. The van der Waals surface area contributed by atoms with Gasteiger partial charge in [0.05, 0.1) is 27.2 Å². The molecule has 0 aromatic heterocycles. The number of amides is 2. The van der Waals surface area contributed by atoms with Crippen LogP contribution in [0.25, 0.3) is 0 Å². The number of carbonyl (C=O) groups is 2. The lowest BCUT2D eigenvalue weighted by molar-refractivity contribution is -0.141. The summed E-state index contributed by atoms with van der Waals surface area (Å²) in [5.41, 5.74) is 1.34. The first-order chi connectivity index (χ1) is 20.2. The van der Waals surface area contributed by atoms with Crippen LogP contribution in [0.15, 0.2) is 71.6 Å². The number of anilines is 1. The molecule has 0 spiro atoms. The average molecular weight is 649 g/mol. The van der Waals surface area contributed by atoms with Crippen molar-refractivity contribution in [3.8, 4) is 5.75 Å². The molecular weight excluding hydrogens is 609 g/mol. The number of benzene rings is 3. The van der Waals surface area contributed by atoms with Gasteiger partial charge in [-0.05, 0) is 95.1 Å². The van der Waals surface area contributed by atoms with Crippen LogP contribution in [0.1, 0.15) is 52.2 Å². The van der Waals surface area contributed by atoms with Gasteiger partial charge in [-0.1, -0.05) is 53.9 Å². The molecule has 3 rings (SSSR count). The largest absolute Gasteiger partial charge is 0.494 e. The maximum absolute atomic E-state index is 14.2. The van der Waals surface area contributed by atoms with Crippen LogP contribution >= 0.6 is 23.2 Å². The molecule has 0 aliphatic rings. The third-order valence-corrected chi connectivity index (χ3v) is 9.07. The number of nitrogens with one attached hydrogen (secondary N) is 1. The minimum absolute atomic E-state index is 0.00196. The van der Waals surface area contributed by atoms with Crippen molar-refractivity contribution in [2.24, 2.45) is 0 Å². The Morgan fingerprint density at radius 2 is 1.56 bits per heavy atom. The monoisotopic (exact) mass is 647 g/mol. The number of rotatable bonds is 12. The summed E-state index contributed by atoms with van der Waals surface area (Å²) in [7, 11) is -4.20. The lowest BCUT2D eigenvalue weighted by Crippen LogP contribution is -2.55. The van der Waals surface area contributed by atoms with Crippen LogP contribution in [-0.4, -0.2) is 49.9 Å². The molecule has 0 saturated carbocycles. The molecule has 0 aliphatic carbocycles. The standard InChI is InChI=1S/C32H39Cl2N3O5S/c1-7-29(31(39)35-32(4,5)6)36(20-23-11-18-27(33)28(34)19-23)30(38)21-37(24-12-9-22(3)10-13-24)43(40,41)26-16-14-25(15-17-26)42-8-2/h9-19,29H,7-8,20-21H2,1-6H3,(H,35,39)/t29-/m1/s1. The summed E-state index contributed by atoms with van der Waals surface area (Å²) in [6.45, 7) is 11.0. The normalized spacial score (nSPS) is 12.4. The quantitative estimate of drug-likeness (QED) is 0.238. The van der Waals surface area contributed by atoms with E-state index in [1.807, 2.05) is 34.6 Å². The highest BCUT2D eigenvalue weighted by Gasteiger charge is 2.34. The van der Waals surface area contributed by atoms with E-state index in [4.69, 9.17) is 27.9 Å². The first-order valence-corrected chi connectivity index (χ1v) is 16.2. The Morgan fingerprint density at radius 3 is 2.09 bits per heavy atom. The Balaban J connectivity index is 2.07. The van der Waals surface area contributed by atoms with E-state index in [2.05, 4.69) is 5.32 Å². The number of aryl methyl sites for hydroxylation is 1. The molecule has 0 bridgehead atoms. The summed E-state index contributed by atoms with van der Waals surface area (Å²) in [6, 6.07) is 17.0. The van der Waals surface area contributed by atoms with Crippen molar-refractivity contribution in [2.45, 2.75) is 71.0 Å². The summed E-state index contributed by atoms with van der Waals surface area (Å²) in [4.78, 5) is 29.0. The van der Waals surface area contributed by atoms with Gasteiger partial charge in [0, 0.05) is 12.1 Å². The average Bonchev–Trinajstić information content (AvgIpc) is 2.93. The topological polar surface area (TPSA) is 96.0 Å². The van der Waals surface area contributed by atoms with Gasteiger partial charge in [-0.3, -0.25) is 13.9 Å². The van der Waals surface area contributed by atoms with Gasteiger partial charge in [-0.2, -0.15) is 0 Å². The summed E-state index contributed by atoms with van der Waals surface area (Å²) >= 11 is 12.4. The van der Waals surface area contributed by atoms with Crippen molar-refractivity contribution < 1.29 is 22.7 Å². The molecule has 0 saturated heterocycles. The molecule has 0 aliphatic heterocycles. The SMILES string of the molecule is CCOc1ccc(S(=O)(=O)N(CC(=O)N(Cc2ccc(Cl)c(Cl)c2)[C@H](CC)C(=O)NC(C)(C)C)c2ccc(C)cc2)cc1. The Hall–Kier alpha value is -3.27. The van der Waals surface area contributed by atoms with Crippen LogP contribution in [0.4, 0.5) is 5.69 Å². The molecule has 3 aromatic rings. The minimum atomic E-state index is -4.20. The molecule has 0 radical (unpaired) electrons. The number of sulfonamides is 1. The number of hydrogen-bond acceptors (Lipinski definition) is 5. The number of ether oxygens (including phenoxy) is 1. The Labute approximate surface area is 265 Å². The molecule has 1 atom stereocenters. The number of halogens is 2. The van der Waals surface area contributed by atoms with Gasteiger partial charge in [0.2, 0.25) is 11.8 Å². The highest BCUT2D eigenvalue weighted by molar-refractivity contribution is 7.92. The van der Waals surface area contributed by atoms with E-state index in [9.17, 15) is 18.0 Å². The van der Waals surface area contributed by atoms with Crippen LogP contribution < -0.4 is 14.4 Å². The van der Waals surface area contributed by atoms with Crippen LogP contribution in [0, 0.1) is 6.92 Å². The van der Waals surface area contributed by atoms with Gasteiger partial charge in [0.1, 0.15) is 18.3 Å². The molecule has 2 amide bonds. The van der Waals surface area contributed by atoms with Crippen LogP contribution in [-0.2, 0) is 26.2 Å². The molecule has 232 valence electrons. The Morgan fingerprint density at radius 1 is 0.930 bits per heavy atom. The van der Waals surface area contributed by atoms with Gasteiger partial charge in [-0.15, -0.1) is 0 Å². The zero-order valence-corrected chi connectivity index (χ0v) is 27.7. The minimum Gasteiger partial charge on any atom is -0.494 e. The highest BCUT2D eigenvalue weighted by atomic mass is 35.5. The lowest BCUT2D eigenvalue weighted by atomic mass is 10.1. The molecule has 3 aromatic carbocycles. The van der Waals surface area contributed by atoms with E-state index in [1.54, 1.807) is 61.5 Å². The van der Waals surface area contributed by atoms with E-state index < -0.39 is 34.1 Å². The van der Waals surface area contributed by atoms with E-state index in [0.717, 1.165) is 9.87 Å². The molecule has 8 nitrogen and oxygen atoms in total. The van der Waals surface area contributed by atoms with Crippen LogP contribution in [0.5, 0.6) is 5.75 Å². The second-order valence-electron chi connectivity index (χ2n) is 11.2. The third kappa shape index (κ3) is 9.11. The molecule has 0 unspecified atom stereocenters. The molecule has 1 N–H and O–H groups in total. The molecule has 43 heavy (non-hydrogen) atoms. The second-order valence-corrected chi connectivity index (χ2v) is 13.9. The maximum atomic E-state index is 14.2. The molecule has 0 fully saturated rings. The number of nitrogens with zero attached hydrogens (tertiary/aromatic N) is 2. The fourth-order valence-corrected chi connectivity index (χ4v) is 6.18. The van der Waals surface area contributed by atoms with Crippen molar-refractivity contribution >= 4 is 50.7 Å². The third-order valence-electron chi connectivity index (χ3n) is 6.54. The van der Waals surface area contributed by atoms with Crippen molar-refractivity contribution in [3.05, 3.63) is 87.9 Å². The van der Waals surface area contributed by atoms with Crippen molar-refractivity contribution in [1.29, 1.82) is 0 Å². The Bertz CT molecular complexity index is 1520. The Kier molecular flexibility index (Phi) is 11.5. The predicted octanol–water partition coefficient (Wildman–Crippen LogP) is 6.62. The van der Waals surface area contributed by atoms with Gasteiger partial charge in [0.15, 0.2) is 0 Å². The van der Waals surface area contributed by atoms with Gasteiger partial charge in [-0.25, -0.2) is 8.42 Å². The number of carbonyl (C=O) groups excluding carboxylic acids is 2.